The van der Waals surface area contributed by atoms with Gasteiger partial charge in [-0.25, -0.2) is 9.97 Å². The Balaban J connectivity index is 1.96. The van der Waals surface area contributed by atoms with Gasteiger partial charge in [0.1, 0.15) is 17.1 Å². The molecule has 8 heteroatoms. The van der Waals surface area contributed by atoms with Crippen LogP contribution in [0.25, 0.3) is 11.0 Å². The van der Waals surface area contributed by atoms with E-state index in [-0.39, 0.29) is 12.3 Å². The molecule has 2 heterocycles. The highest BCUT2D eigenvalue weighted by atomic mass is 19.4. The van der Waals surface area contributed by atoms with Crippen LogP contribution in [0.5, 0.6) is 5.75 Å². The van der Waals surface area contributed by atoms with E-state index in [1.807, 2.05) is 17.6 Å². The summed E-state index contributed by atoms with van der Waals surface area (Å²) in [5, 5.41) is 3.31. The van der Waals surface area contributed by atoms with E-state index in [0.29, 0.717) is 17.2 Å². The number of anilines is 1. The van der Waals surface area contributed by atoms with Crippen LogP contribution in [0.3, 0.4) is 0 Å². The molecule has 0 saturated carbocycles. The fraction of sp³-hybridized carbons (Fsp3) is 0.368. The first kappa shape index (κ1) is 19.0. The normalized spacial score (nSPS) is 11.7. The third-order valence-corrected chi connectivity index (χ3v) is 4.08. The molecule has 0 aliphatic heterocycles. The number of alkyl halides is 3. The molecule has 2 aromatic heterocycles. The second kappa shape index (κ2) is 7.85. The van der Waals surface area contributed by atoms with Crippen molar-refractivity contribution >= 4 is 16.9 Å². The van der Waals surface area contributed by atoms with E-state index in [1.165, 1.54) is 12.1 Å². The Morgan fingerprint density at radius 3 is 2.67 bits per heavy atom. The SMILES string of the molecule is CCCCNc1nc(C)nc2ccn(Cc3ccccc3OC(F)(F)F)c12. The number of nitrogens with zero attached hydrogens (tertiary/aromatic N) is 3. The molecule has 27 heavy (non-hydrogen) atoms. The molecule has 0 fully saturated rings. The Labute approximate surface area is 155 Å². The molecule has 0 saturated heterocycles. The monoisotopic (exact) mass is 378 g/mol. The maximum absolute atomic E-state index is 12.7. The largest absolute Gasteiger partial charge is 0.573 e. The Kier molecular flexibility index (Phi) is 5.53. The van der Waals surface area contributed by atoms with Gasteiger partial charge in [0, 0.05) is 18.3 Å². The van der Waals surface area contributed by atoms with Crippen molar-refractivity contribution in [2.24, 2.45) is 0 Å². The predicted octanol–water partition coefficient (Wildman–Crippen LogP) is 4.90. The molecule has 0 aliphatic rings. The summed E-state index contributed by atoms with van der Waals surface area (Å²) in [5.41, 5.74) is 1.93. The Morgan fingerprint density at radius 1 is 1.15 bits per heavy atom. The van der Waals surface area contributed by atoms with Crippen LogP contribution in [0.15, 0.2) is 36.5 Å². The van der Waals surface area contributed by atoms with Gasteiger partial charge < -0.3 is 14.6 Å². The van der Waals surface area contributed by atoms with Crippen molar-refractivity contribution in [3.8, 4) is 5.75 Å². The minimum Gasteiger partial charge on any atom is -0.405 e. The fourth-order valence-corrected chi connectivity index (χ4v) is 2.90. The number of hydrogen-bond donors (Lipinski definition) is 1. The van der Waals surface area contributed by atoms with Crippen molar-refractivity contribution in [1.82, 2.24) is 14.5 Å². The summed E-state index contributed by atoms with van der Waals surface area (Å²) in [6.45, 7) is 4.89. The lowest BCUT2D eigenvalue weighted by molar-refractivity contribution is -0.274. The first-order valence-corrected chi connectivity index (χ1v) is 8.78. The summed E-state index contributed by atoms with van der Waals surface area (Å²) >= 11 is 0. The average Bonchev–Trinajstić information content (AvgIpc) is 2.98. The van der Waals surface area contributed by atoms with Crippen molar-refractivity contribution in [2.75, 3.05) is 11.9 Å². The highest BCUT2D eigenvalue weighted by molar-refractivity contribution is 5.86. The molecule has 5 nitrogen and oxygen atoms in total. The number of ether oxygens (including phenoxy) is 1. The van der Waals surface area contributed by atoms with E-state index in [4.69, 9.17) is 0 Å². The summed E-state index contributed by atoms with van der Waals surface area (Å²) in [5.74, 6) is 1.12. The molecular weight excluding hydrogens is 357 g/mol. The predicted molar refractivity (Wildman–Crippen MR) is 97.9 cm³/mol. The summed E-state index contributed by atoms with van der Waals surface area (Å²) < 4.78 is 44.0. The number of para-hydroxylation sites is 1. The minimum atomic E-state index is -4.73. The fourth-order valence-electron chi connectivity index (χ4n) is 2.90. The van der Waals surface area contributed by atoms with Crippen LogP contribution in [0, 0.1) is 6.92 Å². The van der Waals surface area contributed by atoms with Crippen LogP contribution >= 0.6 is 0 Å². The summed E-state index contributed by atoms with van der Waals surface area (Å²) in [7, 11) is 0. The van der Waals surface area contributed by atoms with Crippen LogP contribution in [0.2, 0.25) is 0 Å². The van der Waals surface area contributed by atoms with Crippen LogP contribution < -0.4 is 10.1 Å². The minimum absolute atomic E-state index is 0.208. The Morgan fingerprint density at radius 2 is 1.93 bits per heavy atom. The number of fused-ring (bicyclic) bond motifs is 1. The first-order valence-electron chi connectivity index (χ1n) is 8.78. The third kappa shape index (κ3) is 4.69. The van der Waals surface area contributed by atoms with Crippen LogP contribution in [-0.4, -0.2) is 27.4 Å². The smallest absolute Gasteiger partial charge is 0.405 e. The van der Waals surface area contributed by atoms with E-state index in [2.05, 4.69) is 26.9 Å². The zero-order valence-corrected chi connectivity index (χ0v) is 15.2. The molecule has 0 spiro atoms. The van der Waals surface area contributed by atoms with Gasteiger partial charge in [0.05, 0.1) is 12.1 Å². The van der Waals surface area contributed by atoms with E-state index in [0.717, 1.165) is 30.4 Å². The number of rotatable bonds is 7. The molecule has 0 aliphatic carbocycles. The zero-order chi connectivity index (χ0) is 19.4. The van der Waals surface area contributed by atoms with E-state index >= 15 is 0 Å². The average molecular weight is 378 g/mol. The summed E-state index contributed by atoms with van der Waals surface area (Å²) in [4.78, 5) is 8.90. The Hall–Kier alpha value is -2.77. The molecule has 0 unspecified atom stereocenters. The topological polar surface area (TPSA) is 52.0 Å². The lowest BCUT2D eigenvalue weighted by Crippen LogP contribution is -2.18. The van der Waals surface area contributed by atoms with Gasteiger partial charge in [-0.2, -0.15) is 0 Å². The maximum Gasteiger partial charge on any atom is 0.573 e. The van der Waals surface area contributed by atoms with Crippen molar-refractivity contribution in [3.05, 3.63) is 47.9 Å². The van der Waals surface area contributed by atoms with Crippen molar-refractivity contribution < 1.29 is 17.9 Å². The second-order valence-corrected chi connectivity index (χ2v) is 6.23. The molecule has 144 valence electrons. The number of aromatic nitrogens is 3. The zero-order valence-electron chi connectivity index (χ0n) is 15.2. The standard InChI is InChI=1S/C19H21F3N4O/c1-3-4-10-23-18-17-15(24-13(2)25-18)9-11-26(17)12-14-7-5-6-8-16(14)27-19(20,21)22/h5-9,11H,3-4,10,12H2,1-2H3,(H,23,24,25). The van der Waals surface area contributed by atoms with Gasteiger partial charge in [0.2, 0.25) is 0 Å². The molecule has 0 radical (unpaired) electrons. The van der Waals surface area contributed by atoms with Crippen molar-refractivity contribution in [2.45, 2.75) is 39.6 Å². The van der Waals surface area contributed by atoms with Crippen molar-refractivity contribution in [3.63, 3.8) is 0 Å². The van der Waals surface area contributed by atoms with Crippen LogP contribution in [0.4, 0.5) is 19.0 Å². The number of halogens is 3. The lowest BCUT2D eigenvalue weighted by atomic mass is 10.2. The molecule has 0 bridgehead atoms. The van der Waals surface area contributed by atoms with Gasteiger partial charge in [-0.15, -0.1) is 13.2 Å². The quantitative estimate of drug-likeness (QED) is 0.594. The van der Waals surface area contributed by atoms with E-state index in [9.17, 15) is 13.2 Å². The highest BCUT2D eigenvalue weighted by Gasteiger charge is 2.32. The summed E-state index contributed by atoms with van der Waals surface area (Å²) in [6, 6.07) is 7.97. The number of nitrogens with one attached hydrogen (secondary N) is 1. The molecule has 0 amide bonds. The molecule has 3 aromatic rings. The van der Waals surface area contributed by atoms with Crippen molar-refractivity contribution in [1.29, 1.82) is 0 Å². The number of aryl methyl sites for hydroxylation is 1. The summed E-state index contributed by atoms with van der Waals surface area (Å²) in [6.07, 6.45) is -0.896. The molecular formula is C19H21F3N4O. The number of benzene rings is 1. The van der Waals surface area contributed by atoms with E-state index < -0.39 is 6.36 Å². The van der Waals surface area contributed by atoms with Gasteiger partial charge in [0.15, 0.2) is 5.82 Å². The van der Waals surface area contributed by atoms with Gasteiger partial charge >= 0.3 is 6.36 Å². The van der Waals surface area contributed by atoms with Gasteiger partial charge in [-0.3, -0.25) is 0 Å². The first-order chi connectivity index (χ1) is 12.9. The van der Waals surface area contributed by atoms with Gasteiger partial charge in [-0.05, 0) is 25.5 Å². The van der Waals surface area contributed by atoms with Crippen LogP contribution in [0.1, 0.15) is 31.2 Å². The van der Waals surface area contributed by atoms with Gasteiger partial charge in [0.25, 0.3) is 0 Å². The van der Waals surface area contributed by atoms with Gasteiger partial charge in [-0.1, -0.05) is 31.5 Å². The molecule has 0 atom stereocenters. The molecule has 1 aromatic carbocycles. The highest BCUT2D eigenvalue weighted by Crippen LogP contribution is 2.29. The van der Waals surface area contributed by atoms with Crippen LogP contribution in [-0.2, 0) is 6.54 Å². The number of hydrogen-bond acceptors (Lipinski definition) is 4. The maximum atomic E-state index is 12.7. The molecule has 1 N–H and O–H groups in total. The Bertz CT molecular complexity index is 921. The number of unbranched alkanes of at least 4 members (excludes halogenated alkanes) is 1. The third-order valence-electron chi connectivity index (χ3n) is 4.08. The van der Waals surface area contributed by atoms with E-state index in [1.54, 1.807) is 18.3 Å². The molecule has 3 rings (SSSR count). The second-order valence-electron chi connectivity index (χ2n) is 6.23. The lowest BCUT2D eigenvalue weighted by Gasteiger charge is -2.15.